The molecule has 1 heterocycles. The summed E-state index contributed by atoms with van der Waals surface area (Å²) in [5.41, 5.74) is 1.53. The summed E-state index contributed by atoms with van der Waals surface area (Å²) in [6.07, 6.45) is 1.59. The van der Waals surface area contributed by atoms with Crippen LogP contribution in [0, 0.1) is 0 Å². The SMILES string of the molecule is CCOc1cc(/C=C2\N=C(c3ccccc3)OC2=O)cc(Br)c1OC(C)=O. The molecule has 2 aromatic rings. The highest BCUT2D eigenvalue weighted by Crippen LogP contribution is 2.38. The van der Waals surface area contributed by atoms with E-state index in [-0.39, 0.29) is 17.3 Å². The highest BCUT2D eigenvalue weighted by molar-refractivity contribution is 9.10. The van der Waals surface area contributed by atoms with Crippen LogP contribution in [0.2, 0.25) is 0 Å². The second kappa shape index (κ2) is 8.18. The number of benzene rings is 2. The third-order valence-corrected chi connectivity index (χ3v) is 4.11. The van der Waals surface area contributed by atoms with E-state index in [1.807, 2.05) is 37.3 Å². The van der Waals surface area contributed by atoms with Crippen LogP contribution >= 0.6 is 15.9 Å². The Hall–Kier alpha value is -2.93. The van der Waals surface area contributed by atoms with E-state index < -0.39 is 11.9 Å². The Morgan fingerprint density at radius 3 is 2.67 bits per heavy atom. The summed E-state index contributed by atoms with van der Waals surface area (Å²) in [5, 5.41) is 0. The van der Waals surface area contributed by atoms with E-state index >= 15 is 0 Å². The smallest absolute Gasteiger partial charge is 0.363 e. The lowest BCUT2D eigenvalue weighted by Crippen LogP contribution is -2.05. The molecule has 1 aliphatic rings. The molecular weight excluding hydrogens is 414 g/mol. The maximum atomic E-state index is 12.2. The summed E-state index contributed by atoms with van der Waals surface area (Å²) in [7, 11) is 0. The second-order valence-corrected chi connectivity index (χ2v) is 6.41. The van der Waals surface area contributed by atoms with Gasteiger partial charge < -0.3 is 14.2 Å². The summed E-state index contributed by atoms with van der Waals surface area (Å²) < 4.78 is 16.5. The number of carbonyl (C=O) groups is 2. The number of carbonyl (C=O) groups excluding carboxylic acids is 2. The number of cyclic esters (lactones) is 1. The molecular formula is C20H16BrNO5. The number of nitrogens with zero attached hydrogens (tertiary/aromatic N) is 1. The Kier molecular flexibility index (Phi) is 5.71. The van der Waals surface area contributed by atoms with Crippen molar-refractivity contribution in [2.75, 3.05) is 6.61 Å². The molecule has 0 bridgehead atoms. The van der Waals surface area contributed by atoms with Crippen LogP contribution < -0.4 is 9.47 Å². The highest BCUT2D eigenvalue weighted by Gasteiger charge is 2.24. The standard InChI is InChI=1S/C20H16BrNO5/c1-3-25-17-11-13(9-15(21)18(17)26-12(2)23)10-16-20(24)27-19(22-16)14-7-5-4-6-8-14/h4-11H,3H2,1-2H3/b16-10-. The quantitative estimate of drug-likeness (QED) is 0.406. The second-order valence-electron chi connectivity index (χ2n) is 5.56. The molecule has 0 aromatic heterocycles. The van der Waals surface area contributed by atoms with Crippen molar-refractivity contribution in [2.45, 2.75) is 13.8 Å². The van der Waals surface area contributed by atoms with Crippen LogP contribution in [0.4, 0.5) is 0 Å². The fourth-order valence-electron chi connectivity index (χ4n) is 2.45. The zero-order valence-electron chi connectivity index (χ0n) is 14.7. The van der Waals surface area contributed by atoms with E-state index in [0.717, 1.165) is 5.56 Å². The molecule has 7 heteroatoms. The van der Waals surface area contributed by atoms with Gasteiger partial charge in [-0.2, -0.15) is 0 Å². The number of halogens is 1. The topological polar surface area (TPSA) is 74.2 Å². The molecule has 2 aromatic carbocycles. The van der Waals surface area contributed by atoms with Crippen molar-refractivity contribution in [1.29, 1.82) is 0 Å². The molecule has 0 aliphatic carbocycles. The van der Waals surface area contributed by atoms with Gasteiger partial charge in [0.25, 0.3) is 0 Å². The molecule has 0 unspecified atom stereocenters. The Morgan fingerprint density at radius 1 is 1.26 bits per heavy atom. The van der Waals surface area contributed by atoms with Gasteiger partial charge in [0.05, 0.1) is 11.1 Å². The molecule has 138 valence electrons. The first-order chi connectivity index (χ1) is 13.0. The van der Waals surface area contributed by atoms with E-state index in [0.29, 0.717) is 22.4 Å². The van der Waals surface area contributed by atoms with Crippen molar-refractivity contribution in [3.8, 4) is 11.5 Å². The maximum absolute atomic E-state index is 12.2. The van der Waals surface area contributed by atoms with E-state index in [1.54, 1.807) is 18.2 Å². The third kappa shape index (κ3) is 4.43. The monoisotopic (exact) mass is 429 g/mol. The molecule has 0 N–H and O–H groups in total. The predicted molar refractivity (Wildman–Crippen MR) is 104 cm³/mol. The average Bonchev–Trinajstić information content (AvgIpc) is 2.99. The van der Waals surface area contributed by atoms with Gasteiger partial charge in [0.2, 0.25) is 5.90 Å². The number of hydrogen-bond donors (Lipinski definition) is 0. The summed E-state index contributed by atoms with van der Waals surface area (Å²) in [5.74, 6) is -0.0692. The zero-order valence-corrected chi connectivity index (χ0v) is 16.3. The van der Waals surface area contributed by atoms with Gasteiger partial charge in [0.1, 0.15) is 0 Å². The Morgan fingerprint density at radius 2 is 2.00 bits per heavy atom. The normalized spacial score (nSPS) is 14.7. The molecule has 0 spiro atoms. The van der Waals surface area contributed by atoms with Gasteiger partial charge in [0, 0.05) is 12.5 Å². The molecule has 1 aliphatic heterocycles. The Bertz CT molecular complexity index is 950. The molecule has 0 radical (unpaired) electrons. The van der Waals surface area contributed by atoms with Crippen LogP contribution in [0.5, 0.6) is 11.5 Å². The van der Waals surface area contributed by atoms with Crippen molar-refractivity contribution < 1.29 is 23.8 Å². The van der Waals surface area contributed by atoms with E-state index in [4.69, 9.17) is 14.2 Å². The predicted octanol–water partition coefficient (Wildman–Crippen LogP) is 4.12. The van der Waals surface area contributed by atoms with Crippen LogP contribution in [-0.2, 0) is 14.3 Å². The van der Waals surface area contributed by atoms with Gasteiger partial charge >= 0.3 is 11.9 Å². The number of esters is 2. The Labute approximate surface area is 164 Å². The van der Waals surface area contributed by atoms with E-state index in [2.05, 4.69) is 20.9 Å². The molecule has 0 saturated carbocycles. The van der Waals surface area contributed by atoms with Gasteiger partial charge in [-0.3, -0.25) is 4.79 Å². The minimum atomic E-state index is -0.535. The van der Waals surface area contributed by atoms with Crippen molar-refractivity contribution >= 4 is 39.8 Å². The van der Waals surface area contributed by atoms with E-state index in [1.165, 1.54) is 6.92 Å². The average molecular weight is 430 g/mol. The van der Waals surface area contributed by atoms with Crippen LogP contribution in [0.25, 0.3) is 6.08 Å². The summed E-state index contributed by atoms with van der Waals surface area (Å²) in [4.78, 5) is 27.7. The van der Waals surface area contributed by atoms with Crippen molar-refractivity contribution in [3.63, 3.8) is 0 Å². The molecule has 0 atom stereocenters. The van der Waals surface area contributed by atoms with Gasteiger partial charge in [-0.25, -0.2) is 9.79 Å². The van der Waals surface area contributed by atoms with Gasteiger partial charge in [0.15, 0.2) is 17.2 Å². The lowest BCUT2D eigenvalue weighted by atomic mass is 10.1. The van der Waals surface area contributed by atoms with Crippen LogP contribution in [0.3, 0.4) is 0 Å². The minimum Gasteiger partial charge on any atom is -0.490 e. The van der Waals surface area contributed by atoms with Crippen LogP contribution in [0.15, 0.2) is 57.6 Å². The summed E-state index contributed by atoms with van der Waals surface area (Å²) >= 11 is 3.37. The fourth-order valence-corrected chi connectivity index (χ4v) is 2.99. The molecule has 3 rings (SSSR count). The van der Waals surface area contributed by atoms with Crippen molar-refractivity contribution in [2.24, 2.45) is 4.99 Å². The molecule has 6 nitrogen and oxygen atoms in total. The first-order valence-electron chi connectivity index (χ1n) is 8.20. The molecule has 27 heavy (non-hydrogen) atoms. The summed E-state index contributed by atoms with van der Waals surface area (Å²) in [6.45, 7) is 3.52. The first kappa shape index (κ1) is 18.8. The van der Waals surface area contributed by atoms with Gasteiger partial charge in [-0.1, -0.05) is 18.2 Å². The number of rotatable bonds is 5. The zero-order chi connectivity index (χ0) is 19.4. The van der Waals surface area contributed by atoms with Gasteiger partial charge in [-0.05, 0) is 58.8 Å². The maximum Gasteiger partial charge on any atom is 0.363 e. The third-order valence-electron chi connectivity index (χ3n) is 3.52. The number of ether oxygens (including phenoxy) is 3. The first-order valence-corrected chi connectivity index (χ1v) is 9.00. The molecule has 0 saturated heterocycles. The fraction of sp³-hybridized carbons (Fsp3) is 0.150. The van der Waals surface area contributed by atoms with Crippen molar-refractivity contribution in [1.82, 2.24) is 0 Å². The highest BCUT2D eigenvalue weighted by atomic mass is 79.9. The number of aliphatic imine (C=N–C) groups is 1. The minimum absolute atomic E-state index is 0.170. The lowest BCUT2D eigenvalue weighted by molar-refractivity contribution is -0.132. The van der Waals surface area contributed by atoms with Crippen LogP contribution in [0.1, 0.15) is 25.0 Å². The molecule has 0 amide bonds. The number of hydrogen-bond acceptors (Lipinski definition) is 6. The lowest BCUT2D eigenvalue weighted by Gasteiger charge is -2.12. The Balaban J connectivity index is 1.97. The van der Waals surface area contributed by atoms with Crippen molar-refractivity contribution in [3.05, 3.63) is 63.8 Å². The van der Waals surface area contributed by atoms with E-state index in [9.17, 15) is 9.59 Å². The summed E-state index contributed by atoms with van der Waals surface area (Å²) in [6, 6.07) is 12.5. The molecule has 0 fully saturated rings. The largest absolute Gasteiger partial charge is 0.490 e. The van der Waals surface area contributed by atoms with Gasteiger partial charge in [-0.15, -0.1) is 0 Å². The van der Waals surface area contributed by atoms with Crippen LogP contribution in [-0.4, -0.2) is 24.4 Å².